The maximum Gasteiger partial charge on any atom is 0.178 e. The van der Waals surface area contributed by atoms with Crippen molar-refractivity contribution < 1.29 is 17.5 Å². The molecule has 0 saturated carbocycles. The molecule has 4 nitrogen and oxygen atoms in total. The zero-order chi connectivity index (χ0) is 17.9. The number of aryl methyl sites for hydroxylation is 1. The number of nitrogens with zero attached hydrogens (tertiary/aromatic N) is 1. The fraction of sp³-hybridized carbons (Fsp3) is 0.368. The first-order valence-electron chi connectivity index (χ1n) is 8.40. The average molecular weight is 363 g/mol. The van der Waals surface area contributed by atoms with E-state index in [4.69, 9.17) is 4.74 Å². The predicted octanol–water partition coefficient (Wildman–Crippen LogP) is 3.45. The van der Waals surface area contributed by atoms with Crippen LogP contribution in [0, 0.1) is 5.82 Å². The number of benzene rings is 2. The van der Waals surface area contributed by atoms with Crippen molar-refractivity contribution in [1.29, 1.82) is 0 Å². The van der Waals surface area contributed by atoms with Crippen molar-refractivity contribution in [1.82, 2.24) is 0 Å². The molecule has 2 aromatic carbocycles. The van der Waals surface area contributed by atoms with Crippen LogP contribution in [0.3, 0.4) is 0 Å². The molecule has 6 heteroatoms. The normalized spacial score (nSPS) is 14.2. The molecule has 0 atom stereocenters. The maximum absolute atomic E-state index is 13.0. The quantitative estimate of drug-likeness (QED) is 0.738. The summed E-state index contributed by atoms with van der Waals surface area (Å²) in [5, 5.41) is 0. The molecular formula is C19H22FNO3S. The summed E-state index contributed by atoms with van der Waals surface area (Å²) in [4.78, 5) is 2.38. The molecule has 0 aliphatic carbocycles. The number of hydrogen-bond acceptors (Lipinski definition) is 4. The molecular weight excluding hydrogens is 341 g/mol. The average Bonchev–Trinajstić information content (AvgIpc) is 2.61. The first kappa shape index (κ1) is 17.7. The van der Waals surface area contributed by atoms with E-state index in [2.05, 4.69) is 11.0 Å². The van der Waals surface area contributed by atoms with Crippen molar-refractivity contribution in [3.8, 4) is 5.75 Å². The van der Waals surface area contributed by atoms with Crippen molar-refractivity contribution in [2.75, 3.05) is 30.9 Å². The number of halogens is 1. The molecule has 25 heavy (non-hydrogen) atoms. The Balaban J connectivity index is 1.68. The summed E-state index contributed by atoms with van der Waals surface area (Å²) in [7, 11) is -1.74. The van der Waals surface area contributed by atoms with E-state index in [0.717, 1.165) is 30.8 Å². The molecule has 0 amide bonds. The number of methoxy groups -OCH3 is 1. The van der Waals surface area contributed by atoms with Crippen molar-refractivity contribution in [3.63, 3.8) is 0 Å². The van der Waals surface area contributed by atoms with Crippen LogP contribution in [0.2, 0.25) is 0 Å². The third kappa shape index (κ3) is 3.95. The van der Waals surface area contributed by atoms with Gasteiger partial charge < -0.3 is 9.64 Å². The molecule has 0 N–H and O–H groups in total. The molecule has 0 spiro atoms. The lowest BCUT2D eigenvalue weighted by atomic mass is 10.0. The smallest absolute Gasteiger partial charge is 0.178 e. The second-order valence-electron chi connectivity index (χ2n) is 6.18. The summed E-state index contributed by atoms with van der Waals surface area (Å²) >= 11 is 0. The highest BCUT2D eigenvalue weighted by Crippen LogP contribution is 2.36. The van der Waals surface area contributed by atoms with E-state index in [1.54, 1.807) is 7.11 Å². The highest BCUT2D eigenvalue weighted by Gasteiger charge is 2.21. The lowest BCUT2D eigenvalue weighted by Crippen LogP contribution is -2.31. The zero-order valence-electron chi connectivity index (χ0n) is 14.2. The summed E-state index contributed by atoms with van der Waals surface area (Å²) in [6.45, 7) is 1.54. The summed E-state index contributed by atoms with van der Waals surface area (Å²) in [5.41, 5.74) is 2.32. The maximum atomic E-state index is 13.0. The van der Waals surface area contributed by atoms with Gasteiger partial charge in [-0.2, -0.15) is 0 Å². The van der Waals surface area contributed by atoms with Crippen LogP contribution in [0.25, 0.3) is 0 Å². The van der Waals surface area contributed by atoms with Crippen LogP contribution in [0.4, 0.5) is 10.1 Å². The van der Waals surface area contributed by atoms with E-state index in [1.165, 1.54) is 29.8 Å². The molecule has 0 bridgehead atoms. The first-order chi connectivity index (χ1) is 12.0. The number of fused-ring (bicyclic) bond motifs is 1. The fourth-order valence-electron chi connectivity index (χ4n) is 3.29. The third-order valence-corrected chi connectivity index (χ3v) is 6.32. The van der Waals surface area contributed by atoms with Gasteiger partial charge in [-0.05, 0) is 55.2 Å². The predicted molar refractivity (Wildman–Crippen MR) is 96.6 cm³/mol. The van der Waals surface area contributed by atoms with Gasteiger partial charge in [0.2, 0.25) is 0 Å². The monoisotopic (exact) mass is 363 g/mol. The Morgan fingerprint density at radius 1 is 1.16 bits per heavy atom. The van der Waals surface area contributed by atoms with Crippen LogP contribution in [0.15, 0.2) is 47.4 Å². The van der Waals surface area contributed by atoms with Crippen LogP contribution in [-0.2, 0) is 16.3 Å². The Labute approximate surface area is 148 Å². The van der Waals surface area contributed by atoms with Crippen molar-refractivity contribution in [2.45, 2.75) is 24.2 Å². The van der Waals surface area contributed by atoms with Crippen LogP contribution >= 0.6 is 0 Å². The number of anilines is 1. The Morgan fingerprint density at radius 3 is 2.64 bits per heavy atom. The van der Waals surface area contributed by atoms with E-state index in [1.807, 2.05) is 12.1 Å². The van der Waals surface area contributed by atoms with Gasteiger partial charge >= 0.3 is 0 Å². The number of rotatable bonds is 6. The van der Waals surface area contributed by atoms with Gasteiger partial charge in [-0.15, -0.1) is 0 Å². The second-order valence-corrected chi connectivity index (χ2v) is 8.29. The van der Waals surface area contributed by atoms with Gasteiger partial charge in [-0.3, -0.25) is 0 Å². The van der Waals surface area contributed by atoms with Crippen LogP contribution in [-0.4, -0.2) is 34.4 Å². The van der Waals surface area contributed by atoms with E-state index in [-0.39, 0.29) is 10.6 Å². The van der Waals surface area contributed by atoms with Crippen LogP contribution < -0.4 is 9.64 Å². The zero-order valence-corrected chi connectivity index (χ0v) is 15.1. The van der Waals surface area contributed by atoms with E-state index in [9.17, 15) is 12.8 Å². The Kier molecular flexibility index (Phi) is 5.27. The second kappa shape index (κ2) is 7.44. The van der Waals surface area contributed by atoms with Crippen molar-refractivity contribution >= 4 is 15.5 Å². The number of ether oxygens (including phenoxy) is 1. The van der Waals surface area contributed by atoms with Gasteiger partial charge in [0.1, 0.15) is 11.6 Å². The molecule has 0 saturated heterocycles. The number of hydrogen-bond donors (Lipinski definition) is 0. The molecule has 0 unspecified atom stereocenters. The summed E-state index contributed by atoms with van der Waals surface area (Å²) in [6.07, 6.45) is 2.57. The molecule has 1 aliphatic heterocycles. The standard InChI is InChI=1S/C19H22FNO3S/c1-24-18-7-2-5-15-6-3-12-21(19(15)18)13-4-14-25(22,23)17-10-8-16(20)9-11-17/h2,5,7-11H,3-4,6,12-14H2,1H3. The van der Waals surface area contributed by atoms with Crippen LogP contribution in [0.5, 0.6) is 5.75 Å². The molecule has 2 aromatic rings. The van der Waals surface area contributed by atoms with E-state index >= 15 is 0 Å². The van der Waals surface area contributed by atoms with E-state index < -0.39 is 15.7 Å². The molecule has 134 valence electrons. The van der Waals surface area contributed by atoms with Gasteiger partial charge in [-0.1, -0.05) is 12.1 Å². The van der Waals surface area contributed by atoms with Gasteiger partial charge in [0.15, 0.2) is 9.84 Å². The highest BCUT2D eigenvalue weighted by atomic mass is 32.2. The molecule has 3 rings (SSSR count). The van der Waals surface area contributed by atoms with Gasteiger partial charge in [-0.25, -0.2) is 12.8 Å². The largest absolute Gasteiger partial charge is 0.495 e. The minimum absolute atomic E-state index is 0.0413. The molecule has 0 aromatic heterocycles. The Hall–Kier alpha value is -2.08. The summed E-state index contributed by atoms with van der Waals surface area (Å²) in [6, 6.07) is 11.0. The highest BCUT2D eigenvalue weighted by molar-refractivity contribution is 7.91. The van der Waals surface area contributed by atoms with Crippen molar-refractivity contribution in [3.05, 3.63) is 53.8 Å². The minimum Gasteiger partial charge on any atom is -0.495 e. The Morgan fingerprint density at radius 2 is 1.92 bits per heavy atom. The fourth-order valence-corrected chi connectivity index (χ4v) is 4.59. The minimum atomic E-state index is -3.40. The van der Waals surface area contributed by atoms with Gasteiger partial charge in [0.25, 0.3) is 0 Å². The lowest BCUT2D eigenvalue weighted by molar-refractivity contribution is 0.412. The molecule has 1 aliphatic rings. The third-order valence-electron chi connectivity index (χ3n) is 4.51. The molecule has 0 fully saturated rings. The molecule has 0 radical (unpaired) electrons. The van der Waals surface area contributed by atoms with Gasteiger partial charge in [0, 0.05) is 13.1 Å². The Bertz CT molecular complexity index is 820. The topological polar surface area (TPSA) is 46.6 Å². The van der Waals surface area contributed by atoms with Crippen molar-refractivity contribution in [2.24, 2.45) is 0 Å². The van der Waals surface area contributed by atoms with Crippen LogP contribution in [0.1, 0.15) is 18.4 Å². The lowest BCUT2D eigenvalue weighted by Gasteiger charge is -2.32. The number of sulfone groups is 1. The SMILES string of the molecule is COc1cccc2c1N(CCCS(=O)(=O)c1ccc(F)cc1)CCC2. The first-order valence-corrected chi connectivity index (χ1v) is 10.1. The number of para-hydroxylation sites is 1. The van der Waals surface area contributed by atoms with E-state index in [0.29, 0.717) is 13.0 Å². The van der Waals surface area contributed by atoms with Gasteiger partial charge in [0.05, 0.1) is 23.4 Å². The summed E-state index contributed by atoms with van der Waals surface area (Å²) < 4.78 is 43.2. The summed E-state index contributed by atoms with van der Waals surface area (Å²) in [5.74, 6) is 0.439. The molecule has 1 heterocycles.